The van der Waals surface area contributed by atoms with Crippen LogP contribution in [0.1, 0.15) is 47.7 Å². The summed E-state index contributed by atoms with van der Waals surface area (Å²) < 4.78 is 5.29. The molecule has 88 valence electrons. The van der Waals surface area contributed by atoms with E-state index in [1.54, 1.807) is 7.11 Å². The van der Waals surface area contributed by atoms with Crippen molar-refractivity contribution in [3.63, 3.8) is 0 Å². The summed E-state index contributed by atoms with van der Waals surface area (Å²) >= 11 is 0. The van der Waals surface area contributed by atoms with Crippen molar-refractivity contribution in [2.45, 2.75) is 40.0 Å². The third kappa shape index (κ3) is 2.84. The molecule has 0 saturated heterocycles. The van der Waals surface area contributed by atoms with Crippen molar-refractivity contribution in [1.82, 2.24) is 0 Å². The van der Waals surface area contributed by atoms with Crippen LogP contribution < -0.4 is 4.74 Å². The van der Waals surface area contributed by atoms with Gasteiger partial charge in [-0.2, -0.15) is 0 Å². The Bertz CT molecular complexity index is 381. The molecule has 0 unspecified atom stereocenters. The predicted octanol–water partition coefficient (Wildman–Crippen LogP) is 3.68. The molecule has 0 amide bonds. The fourth-order valence-electron chi connectivity index (χ4n) is 1.91. The Kier molecular flexibility index (Phi) is 4.53. The molecule has 0 spiro atoms. The zero-order valence-corrected chi connectivity index (χ0v) is 10.6. The molecule has 1 aromatic carbocycles. The average molecular weight is 220 g/mol. The number of benzene rings is 1. The third-order valence-corrected chi connectivity index (χ3v) is 2.70. The van der Waals surface area contributed by atoms with Crippen molar-refractivity contribution in [1.29, 1.82) is 0 Å². The second-order valence-electron chi connectivity index (χ2n) is 4.19. The van der Waals surface area contributed by atoms with Crippen LogP contribution in [0.15, 0.2) is 12.1 Å². The number of ether oxygens (including phenoxy) is 1. The molecule has 1 aromatic rings. The SMILES string of the molecule is CCCCC(=O)c1c(C)cc(C)cc1OC. The number of methoxy groups -OCH3 is 1. The molecule has 0 saturated carbocycles. The number of ketones is 1. The van der Waals surface area contributed by atoms with E-state index in [1.165, 1.54) is 0 Å². The Morgan fingerprint density at radius 2 is 2.00 bits per heavy atom. The number of carbonyl (C=O) groups is 1. The largest absolute Gasteiger partial charge is 0.496 e. The molecule has 1 rings (SSSR count). The molecule has 2 heteroatoms. The highest BCUT2D eigenvalue weighted by Crippen LogP contribution is 2.26. The van der Waals surface area contributed by atoms with Crippen LogP contribution in [0.3, 0.4) is 0 Å². The van der Waals surface area contributed by atoms with Gasteiger partial charge < -0.3 is 4.74 Å². The lowest BCUT2D eigenvalue weighted by Crippen LogP contribution is -2.05. The lowest BCUT2D eigenvalue weighted by Gasteiger charge is -2.11. The highest BCUT2D eigenvalue weighted by Gasteiger charge is 2.15. The van der Waals surface area contributed by atoms with Crippen LogP contribution in [-0.2, 0) is 0 Å². The number of rotatable bonds is 5. The van der Waals surface area contributed by atoms with E-state index in [0.717, 1.165) is 29.5 Å². The van der Waals surface area contributed by atoms with Crippen LogP contribution in [0.2, 0.25) is 0 Å². The molecule has 0 radical (unpaired) electrons. The monoisotopic (exact) mass is 220 g/mol. The fourth-order valence-corrected chi connectivity index (χ4v) is 1.91. The van der Waals surface area contributed by atoms with Crippen LogP contribution in [-0.4, -0.2) is 12.9 Å². The first-order valence-electron chi connectivity index (χ1n) is 5.78. The molecule has 2 nitrogen and oxygen atoms in total. The minimum Gasteiger partial charge on any atom is -0.496 e. The Morgan fingerprint density at radius 3 is 2.56 bits per heavy atom. The van der Waals surface area contributed by atoms with E-state index in [0.29, 0.717) is 12.2 Å². The molecule has 0 fully saturated rings. The number of unbranched alkanes of at least 4 members (excludes halogenated alkanes) is 1. The number of Topliss-reactive ketones (excluding diaryl/α,β-unsaturated/α-hetero) is 1. The highest BCUT2D eigenvalue weighted by molar-refractivity contribution is 6.00. The maximum Gasteiger partial charge on any atom is 0.166 e. The van der Waals surface area contributed by atoms with Crippen molar-refractivity contribution in [3.05, 3.63) is 28.8 Å². The van der Waals surface area contributed by atoms with E-state index >= 15 is 0 Å². The van der Waals surface area contributed by atoms with Crippen LogP contribution in [0.25, 0.3) is 0 Å². The van der Waals surface area contributed by atoms with Gasteiger partial charge in [-0.15, -0.1) is 0 Å². The first-order valence-corrected chi connectivity index (χ1v) is 5.78. The standard InChI is InChI=1S/C14H20O2/c1-5-6-7-12(15)14-11(3)8-10(2)9-13(14)16-4/h8-9H,5-7H2,1-4H3. The summed E-state index contributed by atoms with van der Waals surface area (Å²) in [5, 5.41) is 0. The molecule has 16 heavy (non-hydrogen) atoms. The highest BCUT2D eigenvalue weighted by atomic mass is 16.5. The third-order valence-electron chi connectivity index (χ3n) is 2.70. The van der Waals surface area contributed by atoms with Gasteiger partial charge in [0, 0.05) is 6.42 Å². The summed E-state index contributed by atoms with van der Waals surface area (Å²) in [6.07, 6.45) is 2.59. The molecule has 0 N–H and O–H groups in total. The maximum absolute atomic E-state index is 12.0. The quantitative estimate of drug-likeness (QED) is 0.707. The van der Waals surface area contributed by atoms with E-state index in [2.05, 4.69) is 6.92 Å². The maximum atomic E-state index is 12.0. The molecule has 0 aliphatic heterocycles. The Morgan fingerprint density at radius 1 is 1.31 bits per heavy atom. The van der Waals surface area contributed by atoms with Gasteiger partial charge in [0.25, 0.3) is 0 Å². The molecule has 0 aromatic heterocycles. The van der Waals surface area contributed by atoms with Crippen LogP contribution in [0, 0.1) is 13.8 Å². The van der Waals surface area contributed by atoms with E-state index < -0.39 is 0 Å². The zero-order chi connectivity index (χ0) is 12.1. The van der Waals surface area contributed by atoms with Crippen molar-refractivity contribution < 1.29 is 9.53 Å². The van der Waals surface area contributed by atoms with Gasteiger partial charge in [0.15, 0.2) is 5.78 Å². The van der Waals surface area contributed by atoms with Gasteiger partial charge in [0.2, 0.25) is 0 Å². The Balaban J connectivity index is 3.06. The van der Waals surface area contributed by atoms with E-state index in [9.17, 15) is 4.79 Å². The number of hydrogen-bond donors (Lipinski definition) is 0. The van der Waals surface area contributed by atoms with E-state index in [-0.39, 0.29) is 5.78 Å². The van der Waals surface area contributed by atoms with Gasteiger partial charge in [-0.3, -0.25) is 4.79 Å². The van der Waals surface area contributed by atoms with Crippen molar-refractivity contribution in [3.8, 4) is 5.75 Å². The Hall–Kier alpha value is -1.31. The second-order valence-corrected chi connectivity index (χ2v) is 4.19. The molecule has 0 aliphatic carbocycles. The predicted molar refractivity (Wildman–Crippen MR) is 66.3 cm³/mol. The van der Waals surface area contributed by atoms with E-state index in [4.69, 9.17) is 4.74 Å². The summed E-state index contributed by atoms with van der Waals surface area (Å²) in [7, 11) is 1.62. The van der Waals surface area contributed by atoms with Gasteiger partial charge in [-0.05, 0) is 37.5 Å². The van der Waals surface area contributed by atoms with Gasteiger partial charge >= 0.3 is 0 Å². The minimum atomic E-state index is 0.191. The minimum absolute atomic E-state index is 0.191. The van der Waals surface area contributed by atoms with Crippen LogP contribution in [0.5, 0.6) is 5.75 Å². The van der Waals surface area contributed by atoms with Gasteiger partial charge in [-0.1, -0.05) is 19.4 Å². The van der Waals surface area contributed by atoms with Crippen LogP contribution >= 0.6 is 0 Å². The number of hydrogen-bond acceptors (Lipinski definition) is 2. The lowest BCUT2D eigenvalue weighted by molar-refractivity contribution is 0.0976. The van der Waals surface area contributed by atoms with E-state index in [1.807, 2.05) is 26.0 Å². The van der Waals surface area contributed by atoms with Crippen molar-refractivity contribution >= 4 is 5.78 Å². The Labute approximate surface area is 97.6 Å². The molecule has 0 heterocycles. The number of aryl methyl sites for hydroxylation is 2. The second kappa shape index (κ2) is 5.69. The van der Waals surface area contributed by atoms with Crippen LogP contribution in [0.4, 0.5) is 0 Å². The first-order chi connectivity index (χ1) is 7.60. The normalized spacial score (nSPS) is 10.2. The summed E-state index contributed by atoms with van der Waals surface area (Å²) in [5.41, 5.74) is 2.89. The smallest absolute Gasteiger partial charge is 0.166 e. The van der Waals surface area contributed by atoms with Crippen molar-refractivity contribution in [2.75, 3.05) is 7.11 Å². The number of carbonyl (C=O) groups excluding carboxylic acids is 1. The lowest BCUT2D eigenvalue weighted by atomic mass is 9.98. The van der Waals surface area contributed by atoms with Gasteiger partial charge in [0.05, 0.1) is 12.7 Å². The summed E-state index contributed by atoms with van der Waals surface area (Å²) in [6, 6.07) is 3.95. The van der Waals surface area contributed by atoms with Gasteiger partial charge in [0.1, 0.15) is 5.75 Å². The first kappa shape index (κ1) is 12.8. The van der Waals surface area contributed by atoms with Crippen molar-refractivity contribution in [2.24, 2.45) is 0 Å². The average Bonchev–Trinajstić information content (AvgIpc) is 2.24. The summed E-state index contributed by atoms with van der Waals surface area (Å²) in [4.78, 5) is 12.0. The topological polar surface area (TPSA) is 26.3 Å². The summed E-state index contributed by atoms with van der Waals surface area (Å²) in [5.74, 6) is 0.898. The molecule has 0 aliphatic rings. The van der Waals surface area contributed by atoms with Gasteiger partial charge in [-0.25, -0.2) is 0 Å². The molecular weight excluding hydrogens is 200 g/mol. The fraction of sp³-hybridized carbons (Fsp3) is 0.500. The summed E-state index contributed by atoms with van der Waals surface area (Å²) in [6.45, 7) is 6.07. The zero-order valence-electron chi connectivity index (χ0n) is 10.6. The molecular formula is C14H20O2. The molecule has 0 bridgehead atoms. The molecule has 0 atom stereocenters.